The van der Waals surface area contributed by atoms with Crippen LogP contribution in [-0.4, -0.2) is 48.6 Å². The van der Waals surface area contributed by atoms with Crippen molar-refractivity contribution in [2.24, 2.45) is 0 Å². The molecule has 1 aromatic heterocycles. The Balaban J connectivity index is 1.58. The fourth-order valence-corrected chi connectivity index (χ4v) is 2.57. The Bertz CT molecular complexity index is 408. The molecular weight excluding hydrogens is 236 g/mol. The average molecular weight is 260 g/mol. The number of piperazine rings is 1. The zero-order valence-corrected chi connectivity index (χ0v) is 11.8. The van der Waals surface area contributed by atoms with E-state index in [1.54, 1.807) is 0 Å². The van der Waals surface area contributed by atoms with Gasteiger partial charge in [-0.3, -0.25) is 0 Å². The molecule has 4 nitrogen and oxygen atoms in total. The number of nitrogens with zero attached hydrogens (tertiary/aromatic N) is 3. The molecule has 0 atom stereocenters. The maximum atomic E-state index is 4.79. The van der Waals surface area contributed by atoms with E-state index in [4.69, 9.17) is 4.98 Å². The van der Waals surface area contributed by atoms with E-state index in [2.05, 4.69) is 40.2 Å². The van der Waals surface area contributed by atoms with Gasteiger partial charge in [0.15, 0.2) is 0 Å². The van der Waals surface area contributed by atoms with Gasteiger partial charge in [0.1, 0.15) is 5.82 Å². The largest absolute Gasteiger partial charge is 0.354 e. The zero-order chi connectivity index (χ0) is 13.1. The minimum absolute atomic E-state index is 0.749. The summed E-state index contributed by atoms with van der Waals surface area (Å²) in [6.07, 6.45) is 2.66. The van der Waals surface area contributed by atoms with Crippen LogP contribution in [0.1, 0.15) is 25.5 Å². The second kappa shape index (κ2) is 5.88. The molecule has 1 saturated carbocycles. The fourth-order valence-electron chi connectivity index (χ4n) is 2.57. The molecule has 4 heteroatoms. The number of likely N-dealkylation sites (N-methyl/N-ethyl adjacent to an activating group) is 1. The summed E-state index contributed by atoms with van der Waals surface area (Å²) in [7, 11) is 0. The highest BCUT2D eigenvalue weighted by atomic mass is 15.3. The molecule has 0 spiro atoms. The normalized spacial score (nSPS) is 20.8. The third-order valence-corrected chi connectivity index (χ3v) is 4.08. The van der Waals surface area contributed by atoms with Crippen LogP contribution in [-0.2, 0) is 6.54 Å². The average Bonchev–Trinajstić information content (AvgIpc) is 3.30. The molecule has 1 aromatic rings. The quantitative estimate of drug-likeness (QED) is 0.869. The number of anilines is 1. The van der Waals surface area contributed by atoms with Crippen LogP contribution in [0.3, 0.4) is 0 Å². The molecule has 0 unspecified atom stereocenters. The molecule has 19 heavy (non-hydrogen) atoms. The van der Waals surface area contributed by atoms with Gasteiger partial charge in [0.25, 0.3) is 0 Å². The number of hydrogen-bond acceptors (Lipinski definition) is 4. The molecule has 2 heterocycles. The van der Waals surface area contributed by atoms with Crippen LogP contribution < -0.4 is 10.2 Å². The molecule has 104 valence electrons. The Morgan fingerprint density at radius 1 is 1.21 bits per heavy atom. The number of rotatable bonds is 5. The highest BCUT2D eigenvalue weighted by molar-refractivity contribution is 5.39. The van der Waals surface area contributed by atoms with Crippen LogP contribution in [0.15, 0.2) is 18.2 Å². The van der Waals surface area contributed by atoms with E-state index in [9.17, 15) is 0 Å². The summed E-state index contributed by atoms with van der Waals surface area (Å²) >= 11 is 0. The lowest BCUT2D eigenvalue weighted by Crippen LogP contribution is -2.46. The van der Waals surface area contributed by atoms with Crippen molar-refractivity contribution >= 4 is 5.82 Å². The van der Waals surface area contributed by atoms with Gasteiger partial charge >= 0.3 is 0 Å². The lowest BCUT2D eigenvalue weighted by Gasteiger charge is -2.34. The summed E-state index contributed by atoms with van der Waals surface area (Å²) in [5.74, 6) is 1.14. The number of hydrogen-bond donors (Lipinski definition) is 1. The fraction of sp³-hybridized carbons (Fsp3) is 0.667. The molecule has 0 radical (unpaired) electrons. The number of nitrogens with one attached hydrogen (secondary N) is 1. The third-order valence-electron chi connectivity index (χ3n) is 4.08. The summed E-state index contributed by atoms with van der Waals surface area (Å²) in [6.45, 7) is 8.81. The van der Waals surface area contributed by atoms with Crippen molar-refractivity contribution in [1.82, 2.24) is 15.2 Å². The third kappa shape index (κ3) is 3.45. The molecule has 1 saturated heterocycles. The molecule has 1 N–H and O–H groups in total. The van der Waals surface area contributed by atoms with Crippen molar-refractivity contribution in [3.63, 3.8) is 0 Å². The van der Waals surface area contributed by atoms with Gasteiger partial charge < -0.3 is 15.1 Å². The van der Waals surface area contributed by atoms with Crippen molar-refractivity contribution in [3.05, 3.63) is 23.9 Å². The van der Waals surface area contributed by atoms with Crippen LogP contribution in [0, 0.1) is 0 Å². The van der Waals surface area contributed by atoms with Crippen LogP contribution in [0.4, 0.5) is 5.82 Å². The Labute approximate surface area is 115 Å². The topological polar surface area (TPSA) is 31.4 Å². The van der Waals surface area contributed by atoms with Crippen molar-refractivity contribution in [3.8, 4) is 0 Å². The maximum Gasteiger partial charge on any atom is 0.128 e. The predicted molar refractivity (Wildman–Crippen MR) is 78.4 cm³/mol. The smallest absolute Gasteiger partial charge is 0.128 e. The van der Waals surface area contributed by atoms with Crippen LogP contribution >= 0.6 is 0 Å². The second-order valence-electron chi connectivity index (χ2n) is 5.56. The first-order valence-corrected chi connectivity index (χ1v) is 7.52. The van der Waals surface area contributed by atoms with Crippen LogP contribution in [0.5, 0.6) is 0 Å². The minimum Gasteiger partial charge on any atom is -0.354 e. The van der Waals surface area contributed by atoms with E-state index in [0.29, 0.717) is 0 Å². The van der Waals surface area contributed by atoms with Crippen LogP contribution in [0.25, 0.3) is 0 Å². The summed E-state index contributed by atoms with van der Waals surface area (Å²) in [5, 5.41) is 3.53. The lowest BCUT2D eigenvalue weighted by molar-refractivity contribution is 0.270. The van der Waals surface area contributed by atoms with Crippen molar-refractivity contribution in [2.75, 3.05) is 37.6 Å². The first kappa shape index (κ1) is 12.9. The highest BCUT2D eigenvalue weighted by Gasteiger charge is 2.20. The first-order valence-electron chi connectivity index (χ1n) is 7.52. The van der Waals surface area contributed by atoms with E-state index in [-0.39, 0.29) is 0 Å². The Morgan fingerprint density at radius 2 is 2.00 bits per heavy atom. The summed E-state index contributed by atoms with van der Waals surface area (Å²) in [5.41, 5.74) is 1.17. The molecule has 2 fully saturated rings. The predicted octanol–water partition coefficient (Wildman–Crippen LogP) is 1.48. The van der Waals surface area contributed by atoms with E-state index in [0.717, 1.165) is 51.1 Å². The van der Waals surface area contributed by atoms with E-state index in [1.165, 1.54) is 18.5 Å². The summed E-state index contributed by atoms with van der Waals surface area (Å²) in [6, 6.07) is 7.15. The Kier molecular flexibility index (Phi) is 3.99. The second-order valence-corrected chi connectivity index (χ2v) is 5.56. The Morgan fingerprint density at radius 3 is 2.68 bits per heavy atom. The van der Waals surface area contributed by atoms with Gasteiger partial charge in [0, 0.05) is 38.8 Å². The van der Waals surface area contributed by atoms with Gasteiger partial charge in [-0.15, -0.1) is 0 Å². The Hall–Kier alpha value is -1.13. The maximum absolute atomic E-state index is 4.79. The molecule has 1 aliphatic heterocycles. The van der Waals surface area contributed by atoms with Gasteiger partial charge in [-0.1, -0.05) is 13.0 Å². The molecule has 0 amide bonds. The van der Waals surface area contributed by atoms with Gasteiger partial charge in [-0.2, -0.15) is 0 Å². The molecule has 0 aromatic carbocycles. The van der Waals surface area contributed by atoms with Crippen molar-refractivity contribution in [1.29, 1.82) is 0 Å². The molecule has 2 aliphatic rings. The molecule has 3 rings (SSSR count). The monoisotopic (exact) mass is 260 g/mol. The SMILES string of the molecule is CCN1CCN(c2cccc(CNC3CC3)n2)CC1. The van der Waals surface area contributed by atoms with E-state index < -0.39 is 0 Å². The highest BCUT2D eigenvalue weighted by Crippen LogP contribution is 2.19. The molecular formula is C15H24N4. The van der Waals surface area contributed by atoms with Crippen molar-refractivity contribution in [2.45, 2.75) is 32.4 Å². The number of pyridine rings is 1. The van der Waals surface area contributed by atoms with Gasteiger partial charge in [-0.25, -0.2) is 4.98 Å². The lowest BCUT2D eigenvalue weighted by atomic mass is 10.3. The van der Waals surface area contributed by atoms with E-state index >= 15 is 0 Å². The van der Waals surface area contributed by atoms with Gasteiger partial charge in [-0.05, 0) is 31.5 Å². The first-order chi connectivity index (χ1) is 9.35. The zero-order valence-electron chi connectivity index (χ0n) is 11.8. The summed E-state index contributed by atoms with van der Waals surface area (Å²) < 4.78 is 0. The standard InChI is InChI=1S/C15H24N4/c1-2-18-8-10-19(11-9-18)15-5-3-4-14(17-15)12-16-13-6-7-13/h3-5,13,16H,2,6-12H2,1H3. The van der Waals surface area contributed by atoms with Crippen LogP contribution in [0.2, 0.25) is 0 Å². The van der Waals surface area contributed by atoms with Gasteiger partial charge in [0.2, 0.25) is 0 Å². The summed E-state index contributed by atoms with van der Waals surface area (Å²) in [4.78, 5) is 9.70. The molecule has 0 bridgehead atoms. The van der Waals surface area contributed by atoms with Gasteiger partial charge in [0.05, 0.1) is 5.69 Å². The minimum atomic E-state index is 0.749. The molecule has 1 aliphatic carbocycles. The number of aromatic nitrogens is 1. The van der Waals surface area contributed by atoms with Crippen molar-refractivity contribution < 1.29 is 0 Å². The van der Waals surface area contributed by atoms with E-state index in [1.807, 2.05) is 0 Å².